The summed E-state index contributed by atoms with van der Waals surface area (Å²) in [6.45, 7) is 4.29. The van der Waals surface area contributed by atoms with Crippen molar-refractivity contribution in [1.82, 2.24) is 0 Å². The van der Waals surface area contributed by atoms with E-state index in [-0.39, 0.29) is 36.7 Å². The molecule has 310 valence electrons. The molecule has 0 amide bonds. The molecule has 0 spiro atoms. The van der Waals surface area contributed by atoms with Crippen LogP contribution in [0.4, 0.5) is 0 Å². The number of carbonyl (C=O) groups excluding carboxylic acids is 4. The molecule has 14 nitrogen and oxygen atoms in total. The summed E-state index contributed by atoms with van der Waals surface area (Å²) in [4.78, 5) is 49.9. The van der Waals surface area contributed by atoms with E-state index < -0.39 is 48.3 Å². The summed E-state index contributed by atoms with van der Waals surface area (Å²) in [6.07, 6.45) is 1.83. The molecule has 0 N–H and O–H groups in total. The highest BCUT2D eigenvalue weighted by Gasteiger charge is 2.51. The summed E-state index contributed by atoms with van der Waals surface area (Å²) in [7, 11) is 0. The van der Waals surface area contributed by atoms with E-state index in [0.717, 1.165) is 11.6 Å². The second-order valence-corrected chi connectivity index (χ2v) is 13.6. The Morgan fingerprint density at radius 3 is 1.70 bits per heavy atom. The molecule has 4 aromatic rings. The van der Waals surface area contributed by atoms with Crippen LogP contribution in [-0.2, 0) is 44.7 Å². The quantitative estimate of drug-likeness (QED) is 0.0264. The highest BCUT2D eigenvalue weighted by atomic mass is 16.7. The molecule has 61 heavy (non-hydrogen) atoms. The summed E-state index contributed by atoms with van der Waals surface area (Å²) in [5.41, 5.74) is 1.84. The predicted octanol–water partition coefficient (Wildman–Crippen LogP) is 6.51. The summed E-state index contributed by atoms with van der Waals surface area (Å²) >= 11 is 0. The van der Waals surface area contributed by atoms with E-state index >= 15 is 0 Å². The number of benzene rings is 4. The first-order valence-electron chi connectivity index (χ1n) is 19.2. The summed E-state index contributed by atoms with van der Waals surface area (Å²) in [5, 5.41) is 19.5. The molecule has 4 aromatic carbocycles. The first-order valence-corrected chi connectivity index (χ1v) is 19.2. The summed E-state index contributed by atoms with van der Waals surface area (Å²) < 4.78 is 44.6. The van der Waals surface area contributed by atoms with Crippen molar-refractivity contribution in [3.63, 3.8) is 0 Å². The number of unbranched alkanes of at least 4 members (excludes halogenated alkanes) is 1. The fourth-order valence-electron chi connectivity index (χ4n) is 6.15. The minimum atomic E-state index is -0.913. The van der Waals surface area contributed by atoms with Crippen molar-refractivity contribution >= 4 is 36.0 Å². The Kier molecular flexibility index (Phi) is 15.2. The Labute approximate surface area is 351 Å². The monoisotopic (exact) mass is 824 g/mol. The summed E-state index contributed by atoms with van der Waals surface area (Å²) in [6, 6.07) is 32.9. The lowest BCUT2D eigenvalue weighted by molar-refractivity contribution is -0.150. The predicted molar refractivity (Wildman–Crippen MR) is 217 cm³/mol. The van der Waals surface area contributed by atoms with Gasteiger partial charge in [-0.1, -0.05) is 61.2 Å². The van der Waals surface area contributed by atoms with Gasteiger partial charge in [0.05, 0.1) is 32.0 Å². The van der Waals surface area contributed by atoms with Crippen LogP contribution in [0, 0.1) is 22.7 Å². The Morgan fingerprint density at radius 1 is 0.656 bits per heavy atom. The molecule has 2 unspecified atom stereocenters. The molecule has 2 saturated heterocycles. The topological polar surface area (TPSA) is 190 Å². The molecule has 2 heterocycles. The minimum absolute atomic E-state index is 0.0575. The van der Waals surface area contributed by atoms with Crippen molar-refractivity contribution < 1.29 is 57.1 Å². The number of carbonyl (C=O) groups is 4. The van der Waals surface area contributed by atoms with E-state index in [4.69, 9.17) is 37.9 Å². The molecular formula is C47H40N2O12. The third-order valence-corrected chi connectivity index (χ3v) is 9.31. The number of nitriles is 2. The van der Waals surface area contributed by atoms with Gasteiger partial charge in [-0.3, -0.25) is 0 Å². The first-order chi connectivity index (χ1) is 29.7. The fraction of sp³-hybridized carbons (Fsp3) is 0.234. The number of hydrogen-bond donors (Lipinski definition) is 0. The number of hydrogen-bond acceptors (Lipinski definition) is 14. The molecule has 2 aliphatic rings. The Bertz CT molecular complexity index is 2330. The Hall–Kier alpha value is -7.52. The van der Waals surface area contributed by atoms with E-state index in [2.05, 4.69) is 6.58 Å². The van der Waals surface area contributed by atoms with Crippen LogP contribution in [0.5, 0.6) is 17.2 Å². The smallest absolute Gasteiger partial charge is 0.349 e. The second kappa shape index (κ2) is 21.5. The van der Waals surface area contributed by atoms with Gasteiger partial charge < -0.3 is 37.9 Å². The van der Waals surface area contributed by atoms with Crippen LogP contribution in [0.3, 0.4) is 0 Å². The molecule has 0 bridgehead atoms. The molecule has 6 rings (SSSR count). The maximum atomic E-state index is 13.1. The van der Waals surface area contributed by atoms with Gasteiger partial charge in [-0.05, 0) is 90.2 Å². The van der Waals surface area contributed by atoms with Gasteiger partial charge in [0.25, 0.3) is 0 Å². The molecule has 0 saturated carbocycles. The van der Waals surface area contributed by atoms with Gasteiger partial charge in [0.2, 0.25) is 0 Å². The highest BCUT2D eigenvalue weighted by molar-refractivity contribution is 5.99. The van der Waals surface area contributed by atoms with Crippen LogP contribution in [0.2, 0.25) is 0 Å². The van der Waals surface area contributed by atoms with Gasteiger partial charge >= 0.3 is 23.9 Å². The van der Waals surface area contributed by atoms with Crippen LogP contribution in [0.1, 0.15) is 39.9 Å². The van der Waals surface area contributed by atoms with Crippen LogP contribution < -0.4 is 14.2 Å². The average Bonchev–Trinajstić information content (AvgIpc) is 3.88. The number of esters is 4. The number of ether oxygens (including phenoxy) is 8. The lowest BCUT2D eigenvalue weighted by Gasteiger charge is -2.17. The molecule has 2 fully saturated rings. The van der Waals surface area contributed by atoms with Crippen molar-refractivity contribution in [2.24, 2.45) is 0 Å². The maximum Gasteiger partial charge on any atom is 0.349 e. The van der Waals surface area contributed by atoms with Gasteiger partial charge in [-0.15, -0.1) is 0 Å². The molecule has 0 aromatic heterocycles. The van der Waals surface area contributed by atoms with Gasteiger partial charge in [-0.25, -0.2) is 19.2 Å². The molecular weight excluding hydrogens is 785 g/mol. The molecule has 0 aliphatic carbocycles. The van der Waals surface area contributed by atoms with Gasteiger partial charge in [0, 0.05) is 6.08 Å². The Morgan fingerprint density at radius 2 is 1.16 bits per heavy atom. The lowest BCUT2D eigenvalue weighted by Crippen LogP contribution is -2.36. The van der Waals surface area contributed by atoms with Crippen LogP contribution in [0.25, 0.3) is 12.2 Å². The zero-order valence-corrected chi connectivity index (χ0v) is 32.8. The van der Waals surface area contributed by atoms with E-state index in [1.165, 1.54) is 24.3 Å². The number of nitrogens with zero attached hydrogens (tertiary/aromatic N) is 2. The van der Waals surface area contributed by atoms with Crippen molar-refractivity contribution in [2.45, 2.75) is 43.9 Å². The molecule has 2 aliphatic heterocycles. The van der Waals surface area contributed by atoms with Gasteiger partial charge in [0.1, 0.15) is 59.3 Å². The first kappa shape index (κ1) is 43.1. The third kappa shape index (κ3) is 12.3. The zero-order chi connectivity index (χ0) is 43.0. The standard InChI is InChI=1S/C47H40N2O12/c1-2-42(50)55-23-7-6-22-54-37-20-14-34(15-21-37)45(51)59-39-18-12-32(13-19-39)25-36(27-49)47(53)61-41-30-58-43-40(29-57-44(41)43)60-46(52)35(26-48)24-31-10-16-38(17-11-31)56-28-33-8-4-3-5-9-33/h2-5,8-21,24-25,40-41,43-44H,1,6-7,22-23,28-30H2/b35-24+,36-25+/t40-,41-,43?,44?/m1/s1. The number of fused-ring (bicyclic) bond motifs is 1. The maximum absolute atomic E-state index is 13.1. The largest absolute Gasteiger partial charge is 0.494 e. The van der Waals surface area contributed by atoms with Crippen LogP contribution >= 0.6 is 0 Å². The highest BCUT2D eigenvalue weighted by Crippen LogP contribution is 2.32. The van der Waals surface area contributed by atoms with Crippen molar-refractivity contribution in [2.75, 3.05) is 26.4 Å². The molecule has 14 heteroatoms. The van der Waals surface area contributed by atoms with Crippen molar-refractivity contribution in [3.8, 4) is 29.4 Å². The molecule has 0 radical (unpaired) electrons. The minimum Gasteiger partial charge on any atom is -0.494 e. The van der Waals surface area contributed by atoms with Crippen LogP contribution in [0.15, 0.2) is 127 Å². The van der Waals surface area contributed by atoms with Gasteiger partial charge in [-0.2, -0.15) is 10.5 Å². The lowest BCUT2D eigenvalue weighted by atomic mass is 10.1. The second-order valence-electron chi connectivity index (χ2n) is 13.6. The summed E-state index contributed by atoms with van der Waals surface area (Å²) in [5.74, 6) is -1.42. The van der Waals surface area contributed by atoms with E-state index in [9.17, 15) is 29.7 Å². The zero-order valence-electron chi connectivity index (χ0n) is 32.8. The van der Waals surface area contributed by atoms with E-state index in [0.29, 0.717) is 54.2 Å². The Balaban J connectivity index is 0.948. The van der Waals surface area contributed by atoms with Crippen molar-refractivity contribution in [3.05, 3.63) is 149 Å². The van der Waals surface area contributed by atoms with Crippen molar-refractivity contribution in [1.29, 1.82) is 10.5 Å². The van der Waals surface area contributed by atoms with Gasteiger partial charge in [0.15, 0.2) is 12.2 Å². The van der Waals surface area contributed by atoms with E-state index in [1.807, 2.05) is 42.5 Å². The fourth-order valence-corrected chi connectivity index (χ4v) is 6.15. The third-order valence-electron chi connectivity index (χ3n) is 9.31. The number of rotatable bonds is 18. The van der Waals surface area contributed by atoms with E-state index in [1.54, 1.807) is 60.7 Å². The normalized spacial score (nSPS) is 18.1. The average molecular weight is 825 g/mol. The SMILES string of the molecule is C=CC(=O)OCCCCOc1ccc(C(=O)Oc2ccc(/C=C(\C#N)C(=O)O[C@@H]3COC4C3OC[C@H]4OC(=O)/C(C#N)=C/c3ccc(OCc4ccccc4)cc3)cc2)cc1. The van der Waals surface area contributed by atoms with Crippen LogP contribution in [-0.4, -0.2) is 74.7 Å². The molecule has 4 atom stereocenters.